The number of carbonyl (C=O) groups is 1. The lowest BCUT2D eigenvalue weighted by Gasteiger charge is -2.33. The molecule has 2 atom stereocenters. The molecule has 2 unspecified atom stereocenters. The highest BCUT2D eigenvalue weighted by Crippen LogP contribution is 2.27. The average molecular weight is 372 g/mol. The smallest absolute Gasteiger partial charge is 0.326 e. The van der Waals surface area contributed by atoms with Crippen molar-refractivity contribution in [3.05, 3.63) is 29.8 Å². The van der Waals surface area contributed by atoms with Crippen LogP contribution in [0.1, 0.15) is 77.7 Å². The number of rotatable bonds is 3. The zero-order valence-corrected chi connectivity index (χ0v) is 16.9. The molecule has 0 aliphatic heterocycles. The van der Waals surface area contributed by atoms with Crippen LogP contribution in [0.5, 0.6) is 0 Å². The number of nitrogens with zero attached hydrogens (tertiary/aromatic N) is 1. The van der Waals surface area contributed by atoms with E-state index in [2.05, 4.69) is 11.4 Å². The van der Waals surface area contributed by atoms with Gasteiger partial charge < -0.3 is 15.8 Å². The summed E-state index contributed by atoms with van der Waals surface area (Å²) in [4.78, 5) is 12.6. The van der Waals surface area contributed by atoms with Gasteiger partial charge in [0.05, 0.1) is 11.6 Å². The minimum Gasteiger partial charge on any atom is -0.459 e. The van der Waals surface area contributed by atoms with Crippen LogP contribution in [0.2, 0.25) is 0 Å². The quantitative estimate of drug-likeness (QED) is 0.763. The fourth-order valence-corrected chi connectivity index (χ4v) is 3.55. The first-order valence-corrected chi connectivity index (χ1v) is 10.0. The third kappa shape index (κ3) is 6.88. The van der Waals surface area contributed by atoms with Gasteiger partial charge in [-0.1, -0.05) is 19.3 Å². The first-order valence-electron chi connectivity index (χ1n) is 10.0. The molecule has 5 nitrogen and oxygen atoms in total. The maximum Gasteiger partial charge on any atom is 0.326 e. The van der Waals surface area contributed by atoms with Crippen LogP contribution in [0, 0.1) is 11.3 Å². The van der Waals surface area contributed by atoms with Crippen LogP contribution in [-0.2, 0) is 9.53 Å². The van der Waals surface area contributed by atoms with E-state index >= 15 is 0 Å². The molecule has 0 spiro atoms. The largest absolute Gasteiger partial charge is 0.459 e. The lowest BCUT2D eigenvalue weighted by Crippen LogP contribution is -2.51. The number of anilines is 1. The number of esters is 1. The van der Waals surface area contributed by atoms with E-state index in [0.29, 0.717) is 24.4 Å². The van der Waals surface area contributed by atoms with Gasteiger partial charge in [-0.3, -0.25) is 4.79 Å². The number of benzene rings is 1. The number of hydrogen-bond acceptors (Lipinski definition) is 5. The number of carbonyl (C=O) groups excluding carboxylic acids is 1. The summed E-state index contributed by atoms with van der Waals surface area (Å²) in [7, 11) is 0. The van der Waals surface area contributed by atoms with E-state index in [1.54, 1.807) is 0 Å². The molecule has 0 amide bonds. The fraction of sp³-hybridized carbons (Fsp3) is 0.636. The van der Waals surface area contributed by atoms with Gasteiger partial charge in [0.15, 0.2) is 0 Å². The van der Waals surface area contributed by atoms with E-state index in [1.165, 1.54) is 0 Å². The van der Waals surface area contributed by atoms with Crippen LogP contribution < -0.4 is 11.1 Å². The summed E-state index contributed by atoms with van der Waals surface area (Å²) < 4.78 is 5.59. The van der Waals surface area contributed by atoms with Crippen molar-refractivity contribution in [1.82, 2.24) is 0 Å². The summed E-state index contributed by atoms with van der Waals surface area (Å²) in [6, 6.07) is 10.0. The van der Waals surface area contributed by atoms with Crippen LogP contribution in [0.3, 0.4) is 0 Å². The molecule has 0 heterocycles. The van der Waals surface area contributed by atoms with Crippen molar-refractivity contribution in [1.29, 1.82) is 5.26 Å². The summed E-state index contributed by atoms with van der Waals surface area (Å²) >= 11 is 0. The second kappa shape index (κ2) is 9.23. The normalized spacial score (nSPS) is 24.5. The van der Waals surface area contributed by atoms with Gasteiger partial charge in [-0.05, 0) is 77.1 Å². The number of hydrogen-bond donors (Lipinski definition) is 2. The topological polar surface area (TPSA) is 88.1 Å². The molecule has 1 aromatic rings. The van der Waals surface area contributed by atoms with Crippen LogP contribution in [0.4, 0.5) is 5.69 Å². The summed E-state index contributed by atoms with van der Waals surface area (Å²) in [6.07, 6.45) is 7.39. The highest BCUT2D eigenvalue weighted by molar-refractivity contribution is 5.80. The van der Waals surface area contributed by atoms with Gasteiger partial charge in [-0.2, -0.15) is 5.26 Å². The standard InChI is InChI=1S/C22H33N3O2/c1-21(2,3)27-20(26)22(24)14-6-4-5-8-18(9-7-15-22)25-19-12-10-17(16-23)11-13-19/h10-13,18,25H,4-9,14-15,24H2,1-3H3. The van der Waals surface area contributed by atoms with Gasteiger partial charge in [0.25, 0.3) is 0 Å². The van der Waals surface area contributed by atoms with Gasteiger partial charge in [-0.15, -0.1) is 0 Å². The van der Waals surface area contributed by atoms with Gasteiger partial charge in [0, 0.05) is 11.7 Å². The van der Waals surface area contributed by atoms with Gasteiger partial charge in [0.2, 0.25) is 0 Å². The molecule has 5 heteroatoms. The van der Waals surface area contributed by atoms with E-state index in [1.807, 2.05) is 45.0 Å². The number of nitriles is 1. The van der Waals surface area contributed by atoms with Crippen molar-refractivity contribution in [3.8, 4) is 6.07 Å². The van der Waals surface area contributed by atoms with Crippen molar-refractivity contribution in [2.24, 2.45) is 5.73 Å². The Morgan fingerprint density at radius 3 is 2.41 bits per heavy atom. The Hall–Kier alpha value is -2.06. The molecular formula is C22H33N3O2. The Morgan fingerprint density at radius 2 is 1.78 bits per heavy atom. The monoisotopic (exact) mass is 371 g/mol. The first-order chi connectivity index (χ1) is 12.7. The third-order valence-electron chi connectivity index (χ3n) is 5.04. The van der Waals surface area contributed by atoms with Crippen molar-refractivity contribution in [2.75, 3.05) is 5.32 Å². The zero-order valence-electron chi connectivity index (χ0n) is 16.9. The summed E-state index contributed by atoms with van der Waals surface area (Å²) in [5.74, 6) is -0.271. The zero-order chi connectivity index (χ0) is 19.9. The van der Waals surface area contributed by atoms with Crippen molar-refractivity contribution >= 4 is 11.7 Å². The van der Waals surface area contributed by atoms with Gasteiger partial charge in [0.1, 0.15) is 11.1 Å². The van der Waals surface area contributed by atoms with E-state index in [-0.39, 0.29) is 5.97 Å². The predicted molar refractivity (Wildman–Crippen MR) is 108 cm³/mol. The van der Waals surface area contributed by atoms with Crippen molar-refractivity contribution < 1.29 is 9.53 Å². The van der Waals surface area contributed by atoms with E-state index in [0.717, 1.165) is 44.2 Å². The molecule has 2 rings (SSSR count). The minimum absolute atomic E-state index is 0.271. The Bertz CT molecular complexity index is 658. The van der Waals surface area contributed by atoms with Crippen molar-refractivity contribution in [2.45, 2.75) is 89.3 Å². The molecule has 148 valence electrons. The molecule has 1 aliphatic rings. The molecule has 27 heavy (non-hydrogen) atoms. The first kappa shape index (κ1) is 21.2. The van der Waals surface area contributed by atoms with E-state index in [4.69, 9.17) is 15.7 Å². The molecule has 3 N–H and O–H groups in total. The predicted octanol–water partition coefficient (Wildman–Crippen LogP) is 4.51. The van der Waals surface area contributed by atoms with E-state index in [9.17, 15) is 4.79 Å². The van der Waals surface area contributed by atoms with Crippen LogP contribution in [0.25, 0.3) is 0 Å². The highest BCUT2D eigenvalue weighted by atomic mass is 16.6. The Kier molecular flexibility index (Phi) is 7.26. The SMILES string of the molecule is CC(C)(C)OC(=O)C1(N)CCCCCC(Nc2ccc(C#N)cc2)CCC1. The third-order valence-corrected chi connectivity index (χ3v) is 5.04. The molecule has 1 aromatic carbocycles. The highest BCUT2D eigenvalue weighted by Gasteiger charge is 2.37. The van der Waals surface area contributed by atoms with Gasteiger partial charge >= 0.3 is 5.97 Å². The van der Waals surface area contributed by atoms with Crippen LogP contribution >= 0.6 is 0 Å². The molecular weight excluding hydrogens is 338 g/mol. The summed E-state index contributed by atoms with van der Waals surface area (Å²) in [5.41, 5.74) is 6.80. The van der Waals surface area contributed by atoms with E-state index < -0.39 is 11.1 Å². The van der Waals surface area contributed by atoms with Crippen molar-refractivity contribution in [3.63, 3.8) is 0 Å². The molecule has 0 saturated heterocycles. The lowest BCUT2D eigenvalue weighted by atomic mass is 9.85. The second-order valence-electron chi connectivity index (χ2n) is 8.68. The molecule has 0 radical (unpaired) electrons. The minimum atomic E-state index is -0.885. The molecule has 1 saturated carbocycles. The molecule has 0 bridgehead atoms. The molecule has 1 aliphatic carbocycles. The Morgan fingerprint density at radius 1 is 1.15 bits per heavy atom. The summed E-state index contributed by atoms with van der Waals surface area (Å²) in [6.45, 7) is 5.64. The number of nitrogens with one attached hydrogen (secondary N) is 1. The molecule has 0 aromatic heterocycles. The average Bonchev–Trinajstić information content (AvgIpc) is 2.60. The Labute approximate surface area is 163 Å². The lowest BCUT2D eigenvalue weighted by molar-refractivity contribution is -0.162. The fourth-order valence-electron chi connectivity index (χ4n) is 3.55. The number of nitrogens with two attached hydrogens (primary N) is 1. The molecule has 1 fully saturated rings. The Balaban J connectivity index is 1.98. The second-order valence-corrected chi connectivity index (χ2v) is 8.68. The maximum atomic E-state index is 12.6. The summed E-state index contributed by atoms with van der Waals surface area (Å²) in [5, 5.41) is 12.5. The van der Waals surface area contributed by atoms with Crippen LogP contribution in [0.15, 0.2) is 24.3 Å². The number of ether oxygens (including phenoxy) is 1. The van der Waals surface area contributed by atoms with Crippen LogP contribution in [-0.4, -0.2) is 23.2 Å². The van der Waals surface area contributed by atoms with Gasteiger partial charge in [-0.25, -0.2) is 0 Å². The maximum absolute atomic E-state index is 12.6.